The quantitative estimate of drug-likeness (QED) is 0.186. The first-order valence-corrected chi connectivity index (χ1v) is 16.5. The maximum atomic E-state index is 6.32. The second kappa shape index (κ2) is 10.6. The summed E-state index contributed by atoms with van der Waals surface area (Å²) in [6.07, 6.45) is 2.17. The molecule has 0 spiro atoms. The van der Waals surface area contributed by atoms with Crippen LogP contribution in [0.3, 0.4) is 0 Å². The molecular formula is C41H27N2OP. The molecular weight excluding hydrogens is 567 g/mol. The van der Waals surface area contributed by atoms with E-state index in [1.807, 2.05) is 18.2 Å². The van der Waals surface area contributed by atoms with Crippen LogP contribution in [0.2, 0.25) is 0 Å². The summed E-state index contributed by atoms with van der Waals surface area (Å²) in [7, 11) is -0.807. The highest BCUT2D eigenvalue weighted by molar-refractivity contribution is 7.79. The highest BCUT2D eigenvalue weighted by Gasteiger charge is 2.20. The van der Waals surface area contributed by atoms with E-state index >= 15 is 0 Å². The van der Waals surface area contributed by atoms with Crippen LogP contribution in [-0.4, -0.2) is 9.38 Å². The van der Waals surface area contributed by atoms with Crippen molar-refractivity contribution in [2.75, 3.05) is 0 Å². The van der Waals surface area contributed by atoms with E-state index in [9.17, 15) is 0 Å². The van der Waals surface area contributed by atoms with Crippen LogP contribution >= 0.6 is 7.92 Å². The molecule has 0 saturated carbocycles. The van der Waals surface area contributed by atoms with Gasteiger partial charge in [0.1, 0.15) is 16.7 Å². The van der Waals surface area contributed by atoms with E-state index in [-0.39, 0.29) is 0 Å². The SMILES string of the molecule is c1ccc(P(c2ccccc2)c2cc(-c3ccc4nc5c6ccccc6oc5n4c3)cc(-c3cccc4ccccc34)c2)cc1. The van der Waals surface area contributed by atoms with Gasteiger partial charge in [-0.3, -0.25) is 4.40 Å². The molecule has 3 aromatic heterocycles. The molecule has 0 atom stereocenters. The van der Waals surface area contributed by atoms with E-state index in [4.69, 9.17) is 9.40 Å². The lowest BCUT2D eigenvalue weighted by atomic mass is 9.95. The zero-order valence-corrected chi connectivity index (χ0v) is 25.2. The average molecular weight is 595 g/mol. The highest BCUT2D eigenvalue weighted by Crippen LogP contribution is 2.39. The number of imidazole rings is 1. The topological polar surface area (TPSA) is 30.4 Å². The van der Waals surface area contributed by atoms with Gasteiger partial charge in [-0.2, -0.15) is 0 Å². The fourth-order valence-electron chi connectivity index (χ4n) is 6.46. The van der Waals surface area contributed by atoms with Gasteiger partial charge in [-0.05, 0) is 99.3 Å². The Balaban J connectivity index is 1.31. The zero-order valence-electron chi connectivity index (χ0n) is 24.3. The molecule has 45 heavy (non-hydrogen) atoms. The van der Waals surface area contributed by atoms with E-state index < -0.39 is 7.92 Å². The summed E-state index contributed by atoms with van der Waals surface area (Å²) >= 11 is 0. The van der Waals surface area contributed by atoms with Gasteiger partial charge >= 0.3 is 0 Å². The highest BCUT2D eigenvalue weighted by atomic mass is 31.1. The minimum Gasteiger partial charge on any atom is -0.437 e. The summed E-state index contributed by atoms with van der Waals surface area (Å²) in [5.74, 6) is 0. The Morgan fingerprint density at radius 2 is 1.18 bits per heavy atom. The van der Waals surface area contributed by atoms with Crippen LogP contribution < -0.4 is 15.9 Å². The molecule has 0 aliphatic heterocycles. The molecule has 212 valence electrons. The molecule has 0 fully saturated rings. The second-order valence-electron chi connectivity index (χ2n) is 11.3. The van der Waals surface area contributed by atoms with Gasteiger partial charge in [0.15, 0.2) is 0 Å². The Hall–Kier alpha value is -5.50. The lowest BCUT2D eigenvalue weighted by molar-refractivity contribution is 0.649. The molecule has 9 rings (SSSR count). The molecule has 0 bridgehead atoms. The van der Waals surface area contributed by atoms with Crippen LogP contribution in [0.5, 0.6) is 0 Å². The third-order valence-electron chi connectivity index (χ3n) is 8.56. The normalized spacial score (nSPS) is 11.8. The van der Waals surface area contributed by atoms with Crippen molar-refractivity contribution in [3.05, 3.63) is 164 Å². The van der Waals surface area contributed by atoms with Gasteiger partial charge in [0.25, 0.3) is 0 Å². The minimum atomic E-state index is -0.807. The summed E-state index contributed by atoms with van der Waals surface area (Å²) in [5.41, 5.74) is 8.11. The van der Waals surface area contributed by atoms with E-state index in [1.165, 1.54) is 37.8 Å². The molecule has 0 amide bonds. The van der Waals surface area contributed by atoms with Gasteiger partial charge in [-0.25, -0.2) is 4.98 Å². The summed E-state index contributed by atoms with van der Waals surface area (Å²) in [6, 6.07) is 56.6. The Labute approximate surface area is 261 Å². The van der Waals surface area contributed by atoms with Gasteiger partial charge in [0, 0.05) is 11.6 Å². The first-order chi connectivity index (χ1) is 22.3. The molecule has 4 heteroatoms. The average Bonchev–Trinajstić information content (AvgIpc) is 3.65. The Kier molecular flexibility index (Phi) is 6.11. The third kappa shape index (κ3) is 4.44. The fraction of sp³-hybridized carbons (Fsp3) is 0. The van der Waals surface area contributed by atoms with Crippen molar-refractivity contribution in [3.63, 3.8) is 0 Å². The Morgan fingerprint density at radius 1 is 0.511 bits per heavy atom. The van der Waals surface area contributed by atoms with Crippen molar-refractivity contribution in [1.29, 1.82) is 0 Å². The Bertz CT molecular complexity index is 2450. The first-order valence-electron chi connectivity index (χ1n) is 15.1. The van der Waals surface area contributed by atoms with Crippen LogP contribution in [0, 0.1) is 0 Å². The number of pyridine rings is 1. The predicted molar refractivity (Wildman–Crippen MR) is 190 cm³/mol. The molecule has 0 unspecified atom stereocenters. The van der Waals surface area contributed by atoms with E-state index in [2.05, 4.69) is 150 Å². The molecule has 3 heterocycles. The summed E-state index contributed by atoms with van der Waals surface area (Å²) in [4.78, 5) is 4.93. The van der Waals surface area contributed by atoms with Crippen LogP contribution in [0.15, 0.2) is 168 Å². The molecule has 0 saturated heterocycles. The van der Waals surface area contributed by atoms with Crippen LogP contribution in [0.25, 0.3) is 60.9 Å². The van der Waals surface area contributed by atoms with Crippen molar-refractivity contribution in [2.24, 2.45) is 0 Å². The largest absolute Gasteiger partial charge is 0.437 e. The van der Waals surface area contributed by atoms with Crippen molar-refractivity contribution in [3.8, 4) is 22.3 Å². The molecule has 3 nitrogen and oxygen atoms in total. The number of para-hydroxylation sites is 1. The number of hydrogen-bond donors (Lipinski definition) is 0. The van der Waals surface area contributed by atoms with Gasteiger partial charge in [0.2, 0.25) is 5.71 Å². The van der Waals surface area contributed by atoms with Gasteiger partial charge in [0.05, 0.1) is 0 Å². The van der Waals surface area contributed by atoms with Gasteiger partial charge in [-0.1, -0.05) is 115 Å². The number of rotatable bonds is 5. The van der Waals surface area contributed by atoms with Gasteiger partial charge in [-0.15, -0.1) is 0 Å². The number of fused-ring (bicyclic) bond motifs is 6. The van der Waals surface area contributed by atoms with Crippen LogP contribution in [0.1, 0.15) is 0 Å². The second-order valence-corrected chi connectivity index (χ2v) is 13.5. The van der Waals surface area contributed by atoms with Crippen molar-refractivity contribution >= 4 is 62.5 Å². The molecule has 0 N–H and O–H groups in total. The molecule has 0 aliphatic carbocycles. The van der Waals surface area contributed by atoms with E-state index in [1.54, 1.807) is 0 Å². The van der Waals surface area contributed by atoms with Crippen LogP contribution in [0.4, 0.5) is 0 Å². The van der Waals surface area contributed by atoms with Crippen molar-refractivity contribution in [1.82, 2.24) is 9.38 Å². The lowest BCUT2D eigenvalue weighted by Gasteiger charge is -2.22. The monoisotopic (exact) mass is 594 g/mol. The number of benzene rings is 6. The smallest absolute Gasteiger partial charge is 0.232 e. The first kappa shape index (κ1) is 25.9. The molecule has 9 aromatic rings. The summed E-state index contributed by atoms with van der Waals surface area (Å²) in [5, 5.41) is 7.49. The van der Waals surface area contributed by atoms with Gasteiger partial charge < -0.3 is 4.42 Å². The maximum Gasteiger partial charge on any atom is 0.232 e. The minimum absolute atomic E-state index is 0.773. The lowest BCUT2D eigenvalue weighted by Crippen LogP contribution is -2.21. The zero-order chi connectivity index (χ0) is 29.7. The summed E-state index contributed by atoms with van der Waals surface area (Å²) in [6.45, 7) is 0. The number of hydrogen-bond acceptors (Lipinski definition) is 2. The molecule has 0 aliphatic rings. The number of nitrogens with zero attached hydrogens (tertiary/aromatic N) is 2. The van der Waals surface area contributed by atoms with E-state index in [0.29, 0.717) is 0 Å². The molecule has 0 radical (unpaired) electrons. The number of furan rings is 1. The fourth-order valence-corrected chi connectivity index (χ4v) is 8.83. The maximum absolute atomic E-state index is 6.32. The Morgan fingerprint density at radius 3 is 1.98 bits per heavy atom. The van der Waals surface area contributed by atoms with Crippen LogP contribution in [-0.2, 0) is 0 Å². The standard InChI is InChI=1S/C41H27N2OP/c1-3-14-32(15-4-1)45(33-16-5-2-6-17-33)34-25-30(24-31(26-34)36-20-11-13-28-12-7-8-18-35(28)36)29-22-23-39-42-40-37-19-9-10-21-38(37)44-41(40)43(39)27-29/h1-27H. The van der Waals surface area contributed by atoms with Crippen molar-refractivity contribution in [2.45, 2.75) is 0 Å². The third-order valence-corrected chi connectivity index (χ3v) is 11.0. The molecule has 6 aromatic carbocycles. The number of aromatic nitrogens is 2. The summed E-state index contributed by atoms with van der Waals surface area (Å²) < 4.78 is 8.41. The van der Waals surface area contributed by atoms with Crippen molar-refractivity contribution < 1.29 is 4.42 Å². The predicted octanol–water partition coefficient (Wildman–Crippen LogP) is 9.48. The van der Waals surface area contributed by atoms with E-state index in [0.717, 1.165) is 39.0 Å².